The SMILES string of the molecule is CN=C(NCc1coc(-c2ccc(C)cc2)n1)NCC1CCN(c2cccc(OC)c2)C1.I. The molecule has 2 heterocycles. The van der Waals surface area contributed by atoms with Crippen LogP contribution < -0.4 is 20.3 Å². The molecule has 0 aliphatic carbocycles. The Kier molecular flexibility index (Phi) is 8.99. The van der Waals surface area contributed by atoms with Crippen LogP contribution in [0.1, 0.15) is 17.7 Å². The number of oxazole rings is 1. The standard InChI is InChI=1S/C25H31N5O2.HI/c1-18-7-9-20(10-8-18)24-29-21(17-32-24)15-28-25(26-2)27-14-19-11-12-30(16-19)22-5-4-6-23(13-22)31-3;/h4-10,13,17,19H,11-12,14-16H2,1-3H3,(H2,26,27,28);1H. The van der Waals surface area contributed by atoms with E-state index in [9.17, 15) is 0 Å². The van der Waals surface area contributed by atoms with E-state index in [1.54, 1.807) is 20.4 Å². The highest BCUT2D eigenvalue weighted by molar-refractivity contribution is 14.0. The molecule has 1 unspecified atom stereocenters. The van der Waals surface area contributed by atoms with E-state index in [-0.39, 0.29) is 24.0 Å². The second kappa shape index (κ2) is 11.9. The van der Waals surface area contributed by atoms with E-state index >= 15 is 0 Å². The fraction of sp³-hybridized carbons (Fsp3) is 0.360. The second-order valence-corrected chi connectivity index (χ2v) is 8.12. The van der Waals surface area contributed by atoms with E-state index in [2.05, 4.69) is 56.7 Å². The number of benzene rings is 2. The van der Waals surface area contributed by atoms with E-state index in [0.717, 1.165) is 49.0 Å². The first-order valence-corrected chi connectivity index (χ1v) is 11.0. The predicted molar refractivity (Wildman–Crippen MR) is 144 cm³/mol. The monoisotopic (exact) mass is 561 g/mol. The average Bonchev–Trinajstić information content (AvgIpc) is 3.50. The number of halogens is 1. The van der Waals surface area contributed by atoms with E-state index in [1.807, 2.05) is 24.3 Å². The molecule has 33 heavy (non-hydrogen) atoms. The number of hydrogen-bond donors (Lipinski definition) is 2. The van der Waals surface area contributed by atoms with Gasteiger partial charge in [-0.1, -0.05) is 23.8 Å². The van der Waals surface area contributed by atoms with E-state index in [4.69, 9.17) is 9.15 Å². The molecule has 8 heteroatoms. The molecular weight excluding hydrogens is 529 g/mol. The number of rotatable bonds is 7. The first kappa shape index (κ1) is 24.9. The summed E-state index contributed by atoms with van der Waals surface area (Å²) in [4.78, 5) is 11.3. The predicted octanol–water partition coefficient (Wildman–Crippen LogP) is 4.47. The largest absolute Gasteiger partial charge is 0.497 e. The molecule has 1 saturated heterocycles. The number of ether oxygens (including phenoxy) is 1. The molecule has 0 saturated carbocycles. The van der Waals surface area contributed by atoms with Crippen molar-refractivity contribution in [1.82, 2.24) is 15.6 Å². The van der Waals surface area contributed by atoms with Crippen LogP contribution in [-0.4, -0.2) is 44.7 Å². The van der Waals surface area contributed by atoms with Crippen LogP contribution in [0.25, 0.3) is 11.5 Å². The third kappa shape index (κ3) is 6.63. The second-order valence-electron chi connectivity index (χ2n) is 8.12. The Morgan fingerprint density at radius 3 is 2.79 bits per heavy atom. The van der Waals surface area contributed by atoms with Crippen molar-refractivity contribution < 1.29 is 9.15 Å². The minimum atomic E-state index is 0. The maximum Gasteiger partial charge on any atom is 0.226 e. The van der Waals surface area contributed by atoms with E-state index in [1.165, 1.54) is 11.3 Å². The summed E-state index contributed by atoms with van der Waals surface area (Å²) in [5, 5.41) is 6.78. The number of anilines is 1. The zero-order chi connectivity index (χ0) is 22.3. The average molecular weight is 561 g/mol. The molecule has 1 aliphatic rings. The topological polar surface area (TPSA) is 74.9 Å². The quantitative estimate of drug-likeness (QED) is 0.252. The zero-order valence-corrected chi connectivity index (χ0v) is 21.7. The van der Waals surface area contributed by atoms with Gasteiger partial charge in [-0.25, -0.2) is 4.98 Å². The van der Waals surface area contributed by atoms with E-state index in [0.29, 0.717) is 18.4 Å². The summed E-state index contributed by atoms with van der Waals surface area (Å²) >= 11 is 0. The lowest BCUT2D eigenvalue weighted by atomic mass is 10.1. The molecule has 0 spiro atoms. The Bertz CT molecular complexity index is 1050. The maximum atomic E-state index is 5.64. The smallest absolute Gasteiger partial charge is 0.226 e. The van der Waals surface area contributed by atoms with Gasteiger partial charge in [0.1, 0.15) is 12.0 Å². The zero-order valence-electron chi connectivity index (χ0n) is 19.4. The highest BCUT2D eigenvalue weighted by Crippen LogP contribution is 2.26. The van der Waals surface area contributed by atoms with Crippen molar-refractivity contribution in [3.63, 3.8) is 0 Å². The Hall–Kier alpha value is -2.75. The molecule has 7 nitrogen and oxygen atoms in total. The third-order valence-electron chi connectivity index (χ3n) is 5.77. The Balaban J connectivity index is 0.00000306. The van der Waals surface area contributed by atoms with Gasteiger partial charge in [-0.2, -0.15) is 0 Å². The summed E-state index contributed by atoms with van der Waals surface area (Å²) in [7, 11) is 3.49. The molecule has 3 aromatic rings. The molecule has 1 fully saturated rings. The van der Waals surface area contributed by atoms with Gasteiger partial charge >= 0.3 is 0 Å². The van der Waals surface area contributed by atoms with Crippen molar-refractivity contribution in [2.24, 2.45) is 10.9 Å². The van der Waals surface area contributed by atoms with Gasteiger partial charge in [0, 0.05) is 44.0 Å². The lowest BCUT2D eigenvalue weighted by Gasteiger charge is -2.20. The number of aromatic nitrogens is 1. The van der Waals surface area contributed by atoms with Crippen molar-refractivity contribution in [3.05, 3.63) is 66.1 Å². The molecule has 1 aliphatic heterocycles. The molecule has 0 bridgehead atoms. The number of aliphatic imine (C=N–C) groups is 1. The Labute approximate surface area is 212 Å². The van der Waals surface area contributed by atoms with Crippen LogP contribution in [0, 0.1) is 12.8 Å². The summed E-state index contributed by atoms with van der Waals surface area (Å²) in [6.45, 7) is 5.55. The summed E-state index contributed by atoms with van der Waals surface area (Å²) < 4.78 is 11.0. The summed E-state index contributed by atoms with van der Waals surface area (Å²) in [5.41, 5.74) is 4.25. The van der Waals surface area contributed by atoms with Crippen LogP contribution in [0.5, 0.6) is 5.75 Å². The Morgan fingerprint density at radius 1 is 1.21 bits per heavy atom. The minimum absolute atomic E-state index is 0. The van der Waals surface area contributed by atoms with Gasteiger partial charge in [0.2, 0.25) is 5.89 Å². The van der Waals surface area contributed by atoms with Crippen LogP contribution in [0.3, 0.4) is 0 Å². The number of methoxy groups -OCH3 is 1. The highest BCUT2D eigenvalue weighted by atomic mass is 127. The minimum Gasteiger partial charge on any atom is -0.497 e. The molecule has 2 aromatic carbocycles. The van der Waals surface area contributed by atoms with Crippen molar-refractivity contribution in [2.75, 3.05) is 38.7 Å². The van der Waals surface area contributed by atoms with Crippen LogP contribution in [0.15, 0.2) is 64.2 Å². The molecular formula is C25H32IN5O2. The van der Waals surface area contributed by atoms with Gasteiger partial charge in [-0.15, -0.1) is 24.0 Å². The molecule has 2 N–H and O–H groups in total. The maximum absolute atomic E-state index is 5.64. The van der Waals surface area contributed by atoms with Crippen molar-refractivity contribution in [2.45, 2.75) is 19.9 Å². The van der Waals surface area contributed by atoms with E-state index < -0.39 is 0 Å². The van der Waals surface area contributed by atoms with Gasteiger partial charge < -0.3 is 24.7 Å². The fourth-order valence-corrected chi connectivity index (χ4v) is 3.89. The van der Waals surface area contributed by atoms with Crippen LogP contribution in [-0.2, 0) is 6.54 Å². The van der Waals surface area contributed by atoms with Crippen LogP contribution in [0.2, 0.25) is 0 Å². The number of hydrogen-bond acceptors (Lipinski definition) is 5. The van der Waals surface area contributed by atoms with Crippen LogP contribution in [0.4, 0.5) is 5.69 Å². The van der Waals surface area contributed by atoms with Gasteiger partial charge in [0.15, 0.2) is 5.96 Å². The fourth-order valence-electron chi connectivity index (χ4n) is 3.89. The number of guanidine groups is 1. The van der Waals surface area contributed by atoms with Gasteiger partial charge in [0.05, 0.1) is 19.3 Å². The molecule has 176 valence electrons. The first-order chi connectivity index (χ1) is 15.6. The van der Waals surface area contributed by atoms with Crippen molar-refractivity contribution in [1.29, 1.82) is 0 Å². The van der Waals surface area contributed by atoms with Gasteiger partial charge in [-0.05, 0) is 43.5 Å². The van der Waals surface area contributed by atoms with Crippen molar-refractivity contribution in [3.8, 4) is 17.2 Å². The summed E-state index contributed by atoms with van der Waals surface area (Å²) in [6.07, 6.45) is 2.84. The molecule has 4 rings (SSSR count). The Morgan fingerprint density at radius 2 is 2.03 bits per heavy atom. The normalized spacial score (nSPS) is 15.8. The molecule has 1 atom stereocenters. The first-order valence-electron chi connectivity index (χ1n) is 11.0. The molecule has 0 amide bonds. The summed E-state index contributed by atoms with van der Waals surface area (Å²) in [5.74, 6) is 2.85. The lowest BCUT2D eigenvalue weighted by Crippen LogP contribution is -2.40. The molecule has 0 radical (unpaired) electrons. The highest BCUT2D eigenvalue weighted by Gasteiger charge is 2.23. The van der Waals surface area contributed by atoms with Gasteiger partial charge in [0.25, 0.3) is 0 Å². The third-order valence-corrected chi connectivity index (χ3v) is 5.77. The molecule has 1 aromatic heterocycles. The van der Waals surface area contributed by atoms with Crippen molar-refractivity contribution >= 4 is 35.6 Å². The number of nitrogens with zero attached hydrogens (tertiary/aromatic N) is 3. The van der Waals surface area contributed by atoms with Crippen LogP contribution >= 0.6 is 24.0 Å². The number of aryl methyl sites for hydroxylation is 1. The lowest BCUT2D eigenvalue weighted by molar-refractivity contribution is 0.415. The summed E-state index contributed by atoms with van der Waals surface area (Å²) in [6, 6.07) is 16.4. The van der Waals surface area contributed by atoms with Gasteiger partial charge in [-0.3, -0.25) is 4.99 Å². The number of nitrogens with one attached hydrogen (secondary N) is 2.